The lowest BCUT2D eigenvalue weighted by molar-refractivity contribution is 0.0990. The van der Waals surface area contributed by atoms with E-state index in [1.54, 1.807) is 24.3 Å². The number of hydrogen-bond acceptors (Lipinski definition) is 2. The number of halogens is 2. The molecule has 0 saturated heterocycles. The number of hydrogen-bond donors (Lipinski definition) is 1. The third-order valence-electron chi connectivity index (χ3n) is 2.54. The van der Waals surface area contributed by atoms with Gasteiger partial charge in [0.15, 0.2) is 5.78 Å². The van der Waals surface area contributed by atoms with Gasteiger partial charge < -0.3 is 5.11 Å². The fourth-order valence-corrected chi connectivity index (χ4v) is 1.75. The van der Waals surface area contributed by atoms with Crippen LogP contribution in [0.4, 0.5) is 4.39 Å². The Labute approximate surface area is 109 Å². The van der Waals surface area contributed by atoms with Gasteiger partial charge in [-0.05, 0) is 29.8 Å². The maximum Gasteiger partial charge on any atom is 0.170 e. The molecule has 92 valence electrons. The molecule has 0 saturated carbocycles. The maximum absolute atomic E-state index is 12.8. The number of carbonyl (C=O) groups is 1. The van der Waals surface area contributed by atoms with E-state index in [9.17, 15) is 14.3 Å². The molecular formula is C14H10ClFO2. The first-order valence-electron chi connectivity index (χ1n) is 5.32. The molecule has 0 bridgehead atoms. The van der Waals surface area contributed by atoms with Gasteiger partial charge in [0, 0.05) is 17.5 Å². The normalized spacial score (nSPS) is 10.3. The van der Waals surface area contributed by atoms with E-state index in [-0.39, 0.29) is 23.5 Å². The van der Waals surface area contributed by atoms with Gasteiger partial charge in [-0.3, -0.25) is 4.79 Å². The van der Waals surface area contributed by atoms with Gasteiger partial charge in [-0.15, -0.1) is 0 Å². The summed E-state index contributed by atoms with van der Waals surface area (Å²) in [6, 6.07) is 10.2. The summed E-state index contributed by atoms with van der Waals surface area (Å²) >= 11 is 5.74. The van der Waals surface area contributed by atoms with Gasteiger partial charge in [0.05, 0.1) is 5.56 Å². The lowest BCUT2D eigenvalue weighted by atomic mass is 10.0. The Hall–Kier alpha value is -1.87. The molecule has 0 spiro atoms. The van der Waals surface area contributed by atoms with Crippen LogP contribution in [0.25, 0.3) is 0 Å². The van der Waals surface area contributed by atoms with Crippen molar-refractivity contribution in [1.82, 2.24) is 0 Å². The van der Waals surface area contributed by atoms with Crippen LogP contribution in [0.5, 0.6) is 5.75 Å². The van der Waals surface area contributed by atoms with E-state index in [1.807, 2.05) is 0 Å². The van der Waals surface area contributed by atoms with Crippen LogP contribution in [0.15, 0.2) is 42.5 Å². The number of phenolic OH excluding ortho intramolecular Hbond substituents is 1. The van der Waals surface area contributed by atoms with Gasteiger partial charge in [0.1, 0.15) is 11.6 Å². The standard InChI is InChI=1S/C14H10ClFO2/c15-10-3-1-9(2-4-10)7-13(17)12-6-5-11(16)8-14(12)18/h1-6,8,18H,7H2. The number of ketones is 1. The highest BCUT2D eigenvalue weighted by Crippen LogP contribution is 2.20. The van der Waals surface area contributed by atoms with Crippen molar-refractivity contribution in [3.05, 3.63) is 64.4 Å². The van der Waals surface area contributed by atoms with Gasteiger partial charge in [-0.1, -0.05) is 23.7 Å². The summed E-state index contributed by atoms with van der Waals surface area (Å²) in [6.07, 6.45) is 0.135. The van der Waals surface area contributed by atoms with Gasteiger partial charge in [0.2, 0.25) is 0 Å². The third-order valence-corrected chi connectivity index (χ3v) is 2.79. The lowest BCUT2D eigenvalue weighted by Crippen LogP contribution is -2.04. The molecule has 4 heteroatoms. The van der Waals surface area contributed by atoms with Crippen LogP contribution < -0.4 is 0 Å². The number of carbonyl (C=O) groups excluding carboxylic acids is 1. The van der Waals surface area contributed by atoms with Crippen LogP contribution in [0.3, 0.4) is 0 Å². The molecule has 0 radical (unpaired) electrons. The minimum absolute atomic E-state index is 0.117. The Morgan fingerprint density at radius 1 is 1.17 bits per heavy atom. The van der Waals surface area contributed by atoms with Crippen LogP contribution in [0, 0.1) is 5.82 Å². The van der Waals surface area contributed by atoms with Crippen molar-refractivity contribution in [1.29, 1.82) is 0 Å². The monoisotopic (exact) mass is 264 g/mol. The first kappa shape index (κ1) is 12.6. The van der Waals surface area contributed by atoms with Crippen molar-refractivity contribution < 1.29 is 14.3 Å². The van der Waals surface area contributed by atoms with Gasteiger partial charge >= 0.3 is 0 Å². The summed E-state index contributed by atoms with van der Waals surface area (Å²) in [4.78, 5) is 11.9. The largest absolute Gasteiger partial charge is 0.507 e. The fourth-order valence-electron chi connectivity index (χ4n) is 1.62. The van der Waals surface area contributed by atoms with Crippen molar-refractivity contribution in [3.63, 3.8) is 0 Å². The van der Waals surface area contributed by atoms with Crippen LogP contribution in [-0.2, 0) is 6.42 Å². The predicted molar refractivity (Wildman–Crippen MR) is 67.6 cm³/mol. The summed E-state index contributed by atoms with van der Waals surface area (Å²) in [6.45, 7) is 0. The summed E-state index contributed by atoms with van der Waals surface area (Å²) in [7, 11) is 0. The Bertz CT molecular complexity index is 579. The van der Waals surface area contributed by atoms with Crippen LogP contribution in [0.1, 0.15) is 15.9 Å². The zero-order valence-electron chi connectivity index (χ0n) is 9.36. The smallest absolute Gasteiger partial charge is 0.170 e. The van der Waals surface area contributed by atoms with E-state index in [1.165, 1.54) is 6.07 Å². The van der Waals surface area contributed by atoms with E-state index in [2.05, 4.69) is 0 Å². The SMILES string of the molecule is O=C(Cc1ccc(Cl)cc1)c1ccc(F)cc1O. The summed E-state index contributed by atoms with van der Waals surface area (Å²) in [5, 5.41) is 10.1. The molecule has 0 aliphatic rings. The second-order valence-corrected chi connectivity index (χ2v) is 4.32. The van der Waals surface area contributed by atoms with Crippen molar-refractivity contribution in [2.45, 2.75) is 6.42 Å². The van der Waals surface area contributed by atoms with E-state index in [4.69, 9.17) is 11.6 Å². The molecule has 2 aromatic carbocycles. The Morgan fingerprint density at radius 3 is 2.44 bits per heavy atom. The molecule has 0 fully saturated rings. The quantitative estimate of drug-likeness (QED) is 0.860. The molecule has 2 nitrogen and oxygen atoms in total. The van der Waals surface area contributed by atoms with Gasteiger partial charge in [-0.25, -0.2) is 4.39 Å². The van der Waals surface area contributed by atoms with Crippen molar-refractivity contribution in [3.8, 4) is 5.75 Å². The van der Waals surface area contributed by atoms with Crippen molar-refractivity contribution in [2.24, 2.45) is 0 Å². The van der Waals surface area contributed by atoms with Gasteiger partial charge in [-0.2, -0.15) is 0 Å². The topological polar surface area (TPSA) is 37.3 Å². The number of benzene rings is 2. The third kappa shape index (κ3) is 2.87. The number of Topliss-reactive ketones (excluding diaryl/α,β-unsaturated/α-hetero) is 1. The highest BCUT2D eigenvalue weighted by molar-refractivity contribution is 6.30. The van der Waals surface area contributed by atoms with E-state index in [0.717, 1.165) is 17.7 Å². The Balaban J connectivity index is 2.19. The van der Waals surface area contributed by atoms with Crippen molar-refractivity contribution in [2.75, 3.05) is 0 Å². The summed E-state index contributed by atoms with van der Waals surface area (Å²) in [5.41, 5.74) is 0.902. The zero-order valence-corrected chi connectivity index (χ0v) is 10.1. The van der Waals surface area contributed by atoms with Crippen molar-refractivity contribution >= 4 is 17.4 Å². The lowest BCUT2D eigenvalue weighted by Gasteiger charge is -2.04. The molecule has 2 aromatic rings. The second kappa shape index (κ2) is 5.19. The van der Waals surface area contributed by atoms with Crippen LogP contribution >= 0.6 is 11.6 Å². The Kier molecular flexibility index (Phi) is 3.63. The Morgan fingerprint density at radius 2 is 1.83 bits per heavy atom. The van der Waals surface area contributed by atoms with E-state index < -0.39 is 5.82 Å². The molecule has 0 unspecified atom stereocenters. The van der Waals surface area contributed by atoms with Crippen LogP contribution in [0.2, 0.25) is 5.02 Å². The fraction of sp³-hybridized carbons (Fsp3) is 0.0714. The molecule has 0 aliphatic heterocycles. The first-order chi connectivity index (χ1) is 8.56. The number of phenols is 1. The summed E-state index contributed by atoms with van der Waals surface area (Å²) in [5.74, 6) is -1.18. The molecule has 1 N–H and O–H groups in total. The molecule has 0 aliphatic carbocycles. The average Bonchev–Trinajstić information content (AvgIpc) is 2.32. The van der Waals surface area contributed by atoms with E-state index >= 15 is 0 Å². The van der Waals surface area contributed by atoms with E-state index in [0.29, 0.717) is 5.02 Å². The van der Waals surface area contributed by atoms with Crippen LogP contribution in [-0.4, -0.2) is 10.9 Å². The minimum atomic E-state index is -0.574. The first-order valence-corrected chi connectivity index (χ1v) is 5.70. The second-order valence-electron chi connectivity index (χ2n) is 3.89. The average molecular weight is 265 g/mol. The molecule has 0 amide bonds. The number of rotatable bonds is 3. The molecule has 0 aromatic heterocycles. The maximum atomic E-state index is 12.8. The number of aromatic hydroxyl groups is 1. The molecule has 18 heavy (non-hydrogen) atoms. The highest BCUT2D eigenvalue weighted by atomic mass is 35.5. The molecular weight excluding hydrogens is 255 g/mol. The molecule has 0 atom stereocenters. The van der Waals surface area contributed by atoms with Gasteiger partial charge in [0.25, 0.3) is 0 Å². The summed E-state index contributed by atoms with van der Waals surface area (Å²) < 4.78 is 12.8. The minimum Gasteiger partial charge on any atom is -0.507 e. The zero-order chi connectivity index (χ0) is 13.1. The highest BCUT2D eigenvalue weighted by Gasteiger charge is 2.12. The molecule has 2 rings (SSSR count). The predicted octanol–water partition coefficient (Wildman–Crippen LogP) is 3.61. The molecule has 0 heterocycles.